The van der Waals surface area contributed by atoms with Crippen LogP contribution in [0.1, 0.15) is 34.3 Å². The van der Waals surface area contributed by atoms with Crippen LogP contribution in [0, 0.1) is 5.82 Å². The van der Waals surface area contributed by atoms with E-state index in [4.69, 9.17) is 20.8 Å². The van der Waals surface area contributed by atoms with Crippen molar-refractivity contribution in [2.24, 2.45) is 0 Å². The standard InChI is InChI=1S/C23H24ClFN2O3/c1-27(2)14-13-20(16-7-9-17(25)10-8-16)26-23(28)22-12-11-18(30-22)15-29-21-6-4-3-5-19(21)24/h3-12,20H,13-15H2,1-2H3,(H,26,28). The van der Waals surface area contributed by atoms with Gasteiger partial charge in [0.1, 0.15) is 23.9 Å². The number of hydrogen-bond donors (Lipinski definition) is 1. The lowest BCUT2D eigenvalue weighted by molar-refractivity contribution is 0.0900. The highest BCUT2D eigenvalue weighted by atomic mass is 35.5. The fourth-order valence-electron chi connectivity index (χ4n) is 2.92. The molecule has 0 aliphatic carbocycles. The molecule has 2 aromatic carbocycles. The molecule has 0 radical (unpaired) electrons. The fourth-order valence-corrected chi connectivity index (χ4v) is 3.11. The molecular weight excluding hydrogens is 407 g/mol. The monoisotopic (exact) mass is 430 g/mol. The molecule has 5 nitrogen and oxygen atoms in total. The topological polar surface area (TPSA) is 54.7 Å². The van der Waals surface area contributed by atoms with Gasteiger partial charge < -0.3 is 19.4 Å². The number of carbonyl (C=O) groups excluding carboxylic acids is 1. The fraction of sp³-hybridized carbons (Fsp3) is 0.261. The third-order valence-electron chi connectivity index (χ3n) is 4.53. The number of nitrogens with one attached hydrogen (secondary N) is 1. The summed E-state index contributed by atoms with van der Waals surface area (Å²) in [5.41, 5.74) is 0.834. The van der Waals surface area contributed by atoms with Crippen LogP contribution in [0.2, 0.25) is 5.02 Å². The van der Waals surface area contributed by atoms with Crippen LogP contribution in [-0.4, -0.2) is 31.4 Å². The summed E-state index contributed by atoms with van der Waals surface area (Å²) in [6.45, 7) is 0.913. The van der Waals surface area contributed by atoms with E-state index in [1.807, 2.05) is 31.1 Å². The lowest BCUT2D eigenvalue weighted by Gasteiger charge is -2.21. The number of para-hydroxylation sites is 1. The Morgan fingerprint density at radius 1 is 1.13 bits per heavy atom. The molecule has 1 atom stereocenters. The van der Waals surface area contributed by atoms with Gasteiger partial charge >= 0.3 is 0 Å². The van der Waals surface area contributed by atoms with E-state index >= 15 is 0 Å². The Bertz CT molecular complexity index is 973. The molecule has 7 heteroatoms. The number of nitrogens with zero attached hydrogens (tertiary/aromatic N) is 1. The molecule has 1 N–H and O–H groups in total. The number of rotatable bonds is 9. The van der Waals surface area contributed by atoms with Gasteiger partial charge in [0.05, 0.1) is 11.1 Å². The largest absolute Gasteiger partial charge is 0.484 e. The van der Waals surface area contributed by atoms with Crippen molar-refractivity contribution >= 4 is 17.5 Å². The zero-order valence-electron chi connectivity index (χ0n) is 16.9. The third-order valence-corrected chi connectivity index (χ3v) is 4.85. The summed E-state index contributed by atoms with van der Waals surface area (Å²) in [5, 5.41) is 3.48. The first-order valence-corrected chi connectivity index (χ1v) is 9.97. The number of halogens is 2. The van der Waals surface area contributed by atoms with Crippen molar-refractivity contribution in [3.63, 3.8) is 0 Å². The molecule has 30 heavy (non-hydrogen) atoms. The van der Waals surface area contributed by atoms with Gasteiger partial charge in [-0.1, -0.05) is 35.9 Å². The second-order valence-corrected chi connectivity index (χ2v) is 7.56. The average Bonchev–Trinajstić information content (AvgIpc) is 3.20. The van der Waals surface area contributed by atoms with Crippen LogP contribution in [-0.2, 0) is 6.61 Å². The number of amides is 1. The molecule has 1 amide bonds. The normalized spacial score (nSPS) is 12.0. The first-order chi connectivity index (χ1) is 14.4. The summed E-state index contributed by atoms with van der Waals surface area (Å²) in [5.74, 6) is 0.579. The maximum Gasteiger partial charge on any atom is 0.287 e. The summed E-state index contributed by atoms with van der Waals surface area (Å²) in [7, 11) is 3.92. The minimum absolute atomic E-state index is 0.152. The summed E-state index contributed by atoms with van der Waals surface area (Å²) in [4.78, 5) is 14.8. The Morgan fingerprint density at radius 2 is 1.87 bits per heavy atom. The SMILES string of the molecule is CN(C)CCC(NC(=O)c1ccc(COc2ccccc2Cl)o1)c1ccc(F)cc1. The Labute approximate surface area is 180 Å². The average molecular weight is 431 g/mol. The number of carbonyl (C=O) groups is 1. The highest BCUT2D eigenvalue weighted by Crippen LogP contribution is 2.24. The molecule has 0 bridgehead atoms. The maximum absolute atomic E-state index is 13.3. The molecular formula is C23H24ClFN2O3. The lowest BCUT2D eigenvalue weighted by atomic mass is 10.0. The predicted molar refractivity (Wildman–Crippen MR) is 114 cm³/mol. The minimum atomic E-state index is -0.341. The molecule has 1 unspecified atom stereocenters. The first-order valence-electron chi connectivity index (χ1n) is 9.59. The second kappa shape index (κ2) is 10.3. The van der Waals surface area contributed by atoms with Gasteiger partial charge in [0, 0.05) is 0 Å². The lowest BCUT2D eigenvalue weighted by Crippen LogP contribution is -2.30. The highest BCUT2D eigenvalue weighted by Gasteiger charge is 2.19. The first kappa shape index (κ1) is 21.9. The molecule has 1 heterocycles. The Hall–Kier alpha value is -2.83. The van der Waals surface area contributed by atoms with Gasteiger partial charge in [0.15, 0.2) is 5.76 Å². The van der Waals surface area contributed by atoms with Gasteiger partial charge in [-0.05, 0) is 69.0 Å². The van der Waals surface area contributed by atoms with Gasteiger partial charge in [0.25, 0.3) is 5.91 Å². The quantitative estimate of drug-likeness (QED) is 0.514. The number of ether oxygens (including phenoxy) is 1. The molecule has 1 aromatic heterocycles. The van der Waals surface area contributed by atoms with Crippen molar-refractivity contribution in [2.45, 2.75) is 19.1 Å². The molecule has 3 rings (SSSR count). The number of hydrogen-bond acceptors (Lipinski definition) is 4. The van der Waals surface area contributed by atoms with E-state index in [2.05, 4.69) is 5.32 Å². The van der Waals surface area contributed by atoms with Crippen LogP contribution >= 0.6 is 11.6 Å². The van der Waals surface area contributed by atoms with E-state index in [0.717, 1.165) is 12.1 Å². The molecule has 158 valence electrons. The van der Waals surface area contributed by atoms with Crippen LogP contribution in [0.25, 0.3) is 0 Å². The van der Waals surface area contributed by atoms with E-state index < -0.39 is 0 Å². The molecule has 0 saturated carbocycles. The summed E-state index contributed by atoms with van der Waals surface area (Å²) in [6, 6.07) is 16.3. The maximum atomic E-state index is 13.3. The summed E-state index contributed by atoms with van der Waals surface area (Å²) < 4.78 is 24.6. The van der Waals surface area contributed by atoms with Crippen LogP contribution in [0.4, 0.5) is 4.39 Å². The van der Waals surface area contributed by atoms with Crippen molar-refractivity contribution in [1.29, 1.82) is 0 Å². The van der Waals surface area contributed by atoms with Gasteiger partial charge in [-0.2, -0.15) is 0 Å². The molecule has 0 spiro atoms. The summed E-state index contributed by atoms with van der Waals surface area (Å²) in [6.07, 6.45) is 0.674. The third kappa shape index (κ3) is 6.08. The minimum Gasteiger partial charge on any atom is -0.484 e. The van der Waals surface area contributed by atoms with E-state index in [9.17, 15) is 9.18 Å². The van der Waals surface area contributed by atoms with Crippen molar-refractivity contribution in [3.05, 3.63) is 88.6 Å². The van der Waals surface area contributed by atoms with E-state index in [1.165, 1.54) is 12.1 Å². The summed E-state index contributed by atoms with van der Waals surface area (Å²) >= 11 is 6.08. The van der Waals surface area contributed by atoms with Gasteiger partial charge in [0.2, 0.25) is 0 Å². The van der Waals surface area contributed by atoms with Gasteiger partial charge in [-0.15, -0.1) is 0 Å². The Kier molecular flexibility index (Phi) is 7.49. The van der Waals surface area contributed by atoms with E-state index in [-0.39, 0.29) is 30.1 Å². The zero-order valence-corrected chi connectivity index (χ0v) is 17.7. The van der Waals surface area contributed by atoms with E-state index in [0.29, 0.717) is 23.0 Å². The molecule has 3 aromatic rings. The van der Waals surface area contributed by atoms with Crippen molar-refractivity contribution in [3.8, 4) is 5.75 Å². The number of benzene rings is 2. The zero-order chi connectivity index (χ0) is 21.5. The van der Waals surface area contributed by atoms with Crippen LogP contribution in [0.15, 0.2) is 65.1 Å². The molecule has 0 aliphatic heterocycles. The van der Waals surface area contributed by atoms with Gasteiger partial charge in [-0.25, -0.2) is 4.39 Å². The van der Waals surface area contributed by atoms with E-state index in [1.54, 1.807) is 36.4 Å². The van der Waals surface area contributed by atoms with Crippen LogP contribution in [0.3, 0.4) is 0 Å². The van der Waals surface area contributed by atoms with Crippen molar-refractivity contribution in [1.82, 2.24) is 10.2 Å². The van der Waals surface area contributed by atoms with Crippen molar-refractivity contribution < 1.29 is 18.3 Å². The van der Waals surface area contributed by atoms with Gasteiger partial charge in [-0.3, -0.25) is 4.79 Å². The molecule has 0 saturated heterocycles. The smallest absolute Gasteiger partial charge is 0.287 e. The van der Waals surface area contributed by atoms with Crippen molar-refractivity contribution in [2.75, 3.05) is 20.6 Å². The Balaban J connectivity index is 1.65. The Morgan fingerprint density at radius 3 is 2.57 bits per heavy atom. The molecule has 0 aliphatic rings. The highest BCUT2D eigenvalue weighted by molar-refractivity contribution is 6.32. The molecule has 0 fully saturated rings. The van der Waals surface area contributed by atoms with Crippen LogP contribution < -0.4 is 10.1 Å². The van der Waals surface area contributed by atoms with Crippen LogP contribution in [0.5, 0.6) is 5.75 Å². The number of furan rings is 1. The second-order valence-electron chi connectivity index (χ2n) is 7.15. The predicted octanol–water partition coefficient (Wildman–Crippen LogP) is 5.07.